The highest BCUT2D eigenvalue weighted by Crippen LogP contribution is 2.41. The molecular weight excluding hydrogens is 333 g/mol. The van der Waals surface area contributed by atoms with Crippen LogP contribution in [-0.2, 0) is 7.05 Å². The quantitative estimate of drug-likeness (QED) is 0.565. The number of halogens is 3. The topological polar surface area (TPSA) is 22.2 Å². The van der Waals surface area contributed by atoms with Crippen molar-refractivity contribution in [2.75, 3.05) is 0 Å². The zero-order valence-electron chi connectivity index (χ0n) is 9.71. The van der Waals surface area contributed by atoms with Crippen molar-refractivity contribution < 1.29 is 4.39 Å². The summed E-state index contributed by atoms with van der Waals surface area (Å²) in [6.45, 7) is 7.21. The van der Waals surface area contributed by atoms with Gasteiger partial charge in [-0.15, -0.1) is 6.42 Å². The molecule has 0 amide bonds. The monoisotopic (exact) mass is 337 g/mol. The molecule has 1 aromatic carbocycles. The van der Waals surface area contributed by atoms with E-state index < -0.39 is 5.82 Å². The fourth-order valence-corrected chi connectivity index (χ4v) is 2.50. The molecule has 3 nitrogen and oxygen atoms in total. The molecule has 1 aromatic heterocycles. The SMILES string of the molecule is [C-]#[N+]c1c(C#C)cc(Cl)c(F)c1-c1c(Br)cnn1C. The van der Waals surface area contributed by atoms with Crippen LogP contribution in [0.1, 0.15) is 5.56 Å². The molecule has 1 heterocycles. The first-order valence-electron chi connectivity index (χ1n) is 5.05. The minimum Gasteiger partial charge on any atom is -0.268 e. The smallest absolute Gasteiger partial charge is 0.214 e. The lowest BCUT2D eigenvalue weighted by atomic mass is 10.0. The second-order valence-electron chi connectivity index (χ2n) is 3.66. The van der Waals surface area contributed by atoms with Gasteiger partial charge in [0.25, 0.3) is 0 Å². The Hall–Kier alpha value is -1.82. The molecule has 2 aromatic rings. The van der Waals surface area contributed by atoms with Crippen molar-refractivity contribution >= 4 is 33.2 Å². The number of benzene rings is 1. The summed E-state index contributed by atoms with van der Waals surface area (Å²) in [4.78, 5) is 3.33. The largest absolute Gasteiger partial charge is 0.268 e. The zero-order valence-corrected chi connectivity index (χ0v) is 12.0. The van der Waals surface area contributed by atoms with Crippen LogP contribution in [0.3, 0.4) is 0 Å². The van der Waals surface area contributed by atoms with E-state index in [4.69, 9.17) is 24.6 Å². The molecule has 0 atom stereocenters. The van der Waals surface area contributed by atoms with Crippen LogP contribution in [0.2, 0.25) is 5.02 Å². The number of hydrogen-bond acceptors (Lipinski definition) is 1. The molecule has 0 fully saturated rings. The third kappa shape index (κ3) is 2.12. The van der Waals surface area contributed by atoms with E-state index in [-0.39, 0.29) is 21.8 Å². The normalized spacial score (nSPS) is 10.0. The van der Waals surface area contributed by atoms with Crippen molar-refractivity contribution in [3.05, 3.63) is 44.6 Å². The Balaban J connectivity index is 2.96. The number of hydrogen-bond donors (Lipinski definition) is 0. The van der Waals surface area contributed by atoms with Crippen molar-refractivity contribution in [3.8, 4) is 23.6 Å². The van der Waals surface area contributed by atoms with Crippen LogP contribution in [0, 0.1) is 24.7 Å². The van der Waals surface area contributed by atoms with Gasteiger partial charge < -0.3 is 0 Å². The molecule has 0 unspecified atom stereocenters. The molecule has 0 aliphatic heterocycles. The molecule has 2 rings (SSSR count). The summed E-state index contributed by atoms with van der Waals surface area (Å²) in [5, 5.41) is 3.88. The Kier molecular flexibility index (Phi) is 3.61. The lowest BCUT2D eigenvalue weighted by molar-refractivity contribution is 0.629. The predicted molar refractivity (Wildman–Crippen MR) is 75.5 cm³/mol. The lowest BCUT2D eigenvalue weighted by Gasteiger charge is -2.10. The molecule has 0 bridgehead atoms. The van der Waals surface area contributed by atoms with Crippen molar-refractivity contribution in [3.63, 3.8) is 0 Å². The van der Waals surface area contributed by atoms with Gasteiger partial charge in [0.15, 0.2) is 0 Å². The maximum absolute atomic E-state index is 14.3. The second kappa shape index (κ2) is 5.05. The van der Waals surface area contributed by atoms with Gasteiger partial charge in [-0.1, -0.05) is 17.5 Å². The highest BCUT2D eigenvalue weighted by molar-refractivity contribution is 9.10. The summed E-state index contributed by atoms with van der Waals surface area (Å²) in [6.07, 6.45) is 6.85. The van der Waals surface area contributed by atoms with Gasteiger partial charge in [-0.25, -0.2) is 9.24 Å². The van der Waals surface area contributed by atoms with Gasteiger partial charge in [-0.2, -0.15) is 5.10 Å². The lowest BCUT2D eigenvalue weighted by Crippen LogP contribution is -1.98. The van der Waals surface area contributed by atoms with E-state index in [0.717, 1.165) is 0 Å². The van der Waals surface area contributed by atoms with Crippen molar-refractivity contribution in [2.24, 2.45) is 7.05 Å². The molecule has 0 aliphatic rings. The summed E-state index contributed by atoms with van der Waals surface area (Å²) >= 11 is 9.10. The summed E-state index contributed by atoms with van der Waals surface area (Å²) in [5.41, 5.74) is 0.781. The van der Waals surface area contributed by atoms with Crippen molar-refractivity contribution in [1.82, 2.24) is 9.78 Å². The Bertz CT molecular complexity index is 733. The minimum absolute atomic E-state index is 0.0497. The van der Waals surface area contributed by atoms with E-state index >= 15 is 0 Å². The van der Waals surface area contributed by atoms with Gasteiger partial charge in [0.2, 0.25) is 5.69 Å². The molecule has 0 N–H and O–H groups in total. The van der Waals surface area contributed by atoms with Crippen molar-refractivity contribution in [2.45, 2.75) is 0 Å². The zero-order chi connectivity index (χ0) is 14.2. The van der Waals surface area contributed by atoms with Crippen LogP contribution < -0.4 is 0 Å². The van der Waals surface area contributed by atoms with E-state index in [2.05, 4.69) is 31.8 Å². The fraction of sp³-hybridized carbons (Fsp3) is 0.0769. The fourth-order valence-electron chi connectivity index (χ4n) is 1.75. The van der Waals surface area contributed by atoms with Crippen LogP contribution in [0.5, 0.6) is 0 Å². The molecule has 0 spiro atoms. The molecule has 19 heavy (non-hydrogen) atoms. The van der Waals surface area contributed by atoms with E-state index in [1.807, 2.05) is 0 Å². The molecule has 0 saturated heterocycles. The first-order chi connectivity index (χ1) is 9.01. The molecule has 0 aliphatic carbocycles. The third-order valence-corrected chi connectivity index (χ3v) is 3.45. The van der Waals surface area contributed by atoms with E-state index in [0.29, 0.717) is 10.2 Å². The maximum atomic E-state index is 14.3. The Morgan fingerprint density at radius 3 is 2.79 bits per heavy atom. The van der Waals surface area contributed by atoms with Gasteiger partial charge in [0.05, 0.1) is 28.0 Å². The first kappa shape index (κ1) is 13.6. The predicted octanol–water partition coefficient (Wildman–Crippen LogP) is 4.17. The summed E-state index contributed by atoms with van der Waals surface area (Å²) in [7, 11) is 1.64. The number of aromatic nitrogens is 2. The Labute approximate surface area is 122 Å². The van der Waals surface area contributed by atoms with Gasteiger partial charge in [-0.05, 0) is 22.0 Å². The third-order valence-electron chi connectivity index (χ3n) is 2.59. The Morgan fingerprint density at radius 1 is 1.63 bits per heavy atom. The number of rotatable bonds is 1. The van der Waals surface area contributed by atoms with Crippen LogP contribution in [-0.4, -0.2) is 9.78 Å². The first-order valence-corrected chi connectivity index (χ1v) is 6.22. The van der Waals surface area contributed by atoms with Crippen LogP contribution in [0.15, 0.2) is 16.7 Å². The number of terminal acetylenes is 1. The Morgan fingerprint density at radius 2 is 2.32 bits per heavy atom. The molecule has 0 radical (unpaired) electrons. The summed E-state index contributed by atoms with van der Waals surface area (Å²) < 4.78 is 16.3. The van der Waals surface area contributed by atoms with Crippen LogP contribution >= 0.6 is 27.5 Å². The average Bonchev–Trinajstić information content (AvgIpc) is 2.72. The minimum atomic E-state index is -0.684. The average molecular weight is 339 g/mol. The second-order valence-corrected chi connectivity index (χ2v) is 4.93. The number of aryl methyl sites for hydroxylation is 1. The molecular formula is C13H6BrClFN3. The number of nitrogens with zero attached hydrogens (tertiary/aromatic N) is 3. The van der Waals surface area contributed by atoms with E-state index in [1.54, 1.807) is 7.05 Å². The van der Waals surface area contributed by atoms with E-state index in [1.165, 1.54) is 16.9 Å². The highest BCUT2D eigenvalue weighted by atomic mass is 79.9. The van der Waals surface area contributed by atoms with Gasteiger partial charge in [0, 0.05) is 18.2 Å². The van der Waals surface area contributed by atoms with Gasteiger partial charge >= 0.3 is 0 Å². The van der Waals surface area contributed by atoms with Gasteiger partial charge in [0.1, 0.15) is 5.82 Å². The van der Waals surface area contributed by atoms with Crippen LogP contribution in [0.4, 0.5) is 10.1 Å². The highest BCUT2D eigenvalue weighted by Gasteiger charge is 2.22. The van der Waals surface area contributed by atoms with E-state index in [9.17, 15) is 4.39 Å². The molecule has 0 saturated carbocycles. The summed E-state index contributed by atoms with van der Waals surface area (Å²) in [6, 6.07) is 1.28. The maximum Gasteiger partial charge on any atom is 0.214 e. The van der Waals surface area contributed by atoms with Gasteiger partial charge in [-0.3, -0.25) is 4.68 Å². The van der Waals surface area contributed by atoms with Crippen molar-refractivity contribution in [1.29, 1.82) is 0 Å². The summed E-state index contributed by atoms with van der Waals surface area (Å²) in [5.74, 6) is 1.66. The standard InChI is InChI=1S/C13H6BrClFN3/c1-4-7-5-9(15)11(16)10(12(7)17-2)13-8(14)6-18-19(13)3/h1,5-6H,3H3. The molecule has 94 valence electrons. The van der Waals surface area contributed by atoms with Crippen LogP contribution in [0.25, 0.3) is 16.1 Å². The molecule has 6 heteroatoms.